The molecule has 1 fully saturated rings. The van der Waals surface area contributed by atoms with E-state index in [2.05, 4.69) is 29.2 Å². The summed E-state index contributed by atoms with van der Waals surface area (Å²) >= 11 is 0. The average molecular weight is 292 g/mol. The Kier molecular flexibility index (Phi) is 6.17. The molecular formula is C16H24N2O3. The molecule has 5 nitrogen and oxygen atoms in total. The fourth-order valence-electron chi connectivity index (χ4n) is 2.87. The highest BCUT2D eigenvalue weighted by atomic mass is 16.5. The molecule has 5 heteroatoms. The molecule has 1 aromatic carbocycles. The maximum absolute atomic E-state index is 11.0. The number of benzene rings is 1. The number of aliphatic carboxylic acids is 1. The van der Waals surface area contributed by atoms with Crippen LogP contribution in [0.5, 0.6) is 0 Å². The Balaban J connectivity index is 1.87. The first-order valence-corrected chi connectivity index (χ1v) is 7.40. The predicted octanol–water partition coefficient (Wildman–Crippen LogP) is 1.29. The minimum absolute atomic E-state index is 0.0905. The van der Waals surface area contributed by atoms with Gasteiger partial charge < -0.3 is 9.84 Å². The van der Waals surface area contributed by atoms with E-state index in [1.54, 1.807) is 7.11 Å². The molecule has 0 saturated carbocycles. The van der Waals surface area contributed by atoms with Crippen LogP contribution < -0.4 is 0 Å². The minimum atomic E-state index is -0.771. The lowest BCUT2D eigenvalue weighted by Gasteiger charge is -2.27. The number of methoxy groups -OCH3 is 1. The van der Waals surface area contributed by atoms with E-state index >= 15 is 0 Å². The third-order valence-corrected chi connectivity index (χ3v) is 3.93. The lowest BCUT2D eigenvalue weighted by Crippen LogP contribution is -2.42. The average Bonchev–Trinajstić information content (AvgIpc) is 2.92. The van der Waals surface area contributed by atoms with Crippen molar-refractivity contribution in [3.63, 3.8) is 0 Å². The van der Waals surface area contributed by atoms with E-state index in [4.69, 9.17) is 9.84 Å². The summed E-state index contributed by atoms with van der Waals surface area (Å²) in [6.07, 6.45) is 1.02. The van der Waals surface area contributed by atoms with Gasteiger partial charge in [-0.2, -0.15) is 0 Å². The fourth-order valence-corrected chi connectivity index (χ4v) is 2.87. The normalized spacial score (nSPS) is 19.2. The highest BCUT2D eigenvalue weighted by molar-refractivity contribution is 5.69. The molecule has 0 aromatic heterocycles. The number of nitrogens with zero attached hydrogens (tertiary/aromatic N) is 2. The van der Waals surface area contributed by atoms with Crippen LogP contribution in [0.3, 0.4) is 0 Å². The number of hydrogen-bond donors (Lipinski definition) is 1. The Hall–Kier alpha value is -1.43. The number of likely N-dealkylation sites (tertiary alicyclic amines) is 1. The summed E-state index contributed by atoms with van der Waals surface area (Å²) in [6.45, 7) is 4.21. The van der Waals surface area contributed by atoms with E-state index in [-0.39, 0.29) is 6.54 Å². The van der Waals surface area contributed by atoms with Gasteiger partial charge in [0.1, 0.15) is 0 Å². The first kappa shape index (κ1) is 15.9. The van der Waals surface area contributed by atoms with Crippen molar-refractivity contribution in [1.29, 1.82) is 0 Å². The summed E-state index contributed by atoms with van der Waals surface area (Å²) in [7, 11) is 1.65. The van der Waals surface area contributed by atoms with Gasteiger partial charge in [0.25, 0.3) is 0 Å². The SMILES string of the molecule is COCCN(CC(=O)O)C1CCN(Cc2ccccc2)C1. The minimum Gasteiger partial charge on any atom is -0.480 e. The van der Waals surface area contributed by atoms with Gasteiger partial charge >= 0.3 is 5.97 Å². The second-order valence-electron chi connectivity index (χ2n) is 5.52. The van der Waals surface area contributed by atoms with Crippen molar-refractivity contribution in [2.75, 3.05) is 39.9 Å². The molecule has 1 saturated heterocycles. The molecule has 0 amide bonds. The van der Waals surface area contributed by atoms with Gasteiger partial charge in [-0.3, -0.25) is 14.6 Å². The van der Waals surface area contributed by atoms with Gasteiger partial charge in [0.2, 0.25) is 0 Å². The van der Waals surface area contributed by atoms with Crippen molar-refractivity contribution in [2.24, 2.45) is 0 Å². The van der Waals surface area contributed by atoms with Gasteiger partial charge in [-0.1, -0.05) is 30.3 Å². The topological polar surface area (TPSA) is 53.0 Å². The number of carbonyl (C=O) groups is 1. The highest BCUT2D eigenvalue weighted by Crippen LogP contribution is 2.18. The van der Waals surface area contributed by atoms with E-state index in [9.17, 15) is 4.79 Å². The lowest BCUT2D eigenvalue weighted by atomic mass is 10.2. The number of ether oxygens (including phenoxy) is 1. The molecule has 2 rings (SSSR count). The Morgan fingerprint density at radius 1 is 1.43 bits per heavy atom. The first-order valence-electron chi connectivity index (χ1n) is 7.40. The lowest BCUT2D eigenvalue weighted by molar-refractivity contribution is -0.139. The Morgan fingerprint density at radius 2 is 2.19 bits per heavy atom. The van der Waals surface area contributed by atoms with Crippen LogP contribution in [-0.2, 0) is 16.1 Å². The number of carboxylic acids is 1. The van der Waals surface area contributed by atoms with Gasteiger partial charge in [-0.15, -0.1) is 0 Å². The van der Waals surface area contributed by atoms with E-state index in [1.165, 1.54) is 5.56 Å². The molecule has 1 unspecified atom stereocenters. The van der Waals surface area contributed by atoms with Crippen molar-refractivity contribution in [2.45, 2.75) is 19.0 Å². The molecule has 1 N–H and O–H groups in total. The van der Waals surface area contributed by atoms with E-state index in [1.807, 2.05) is 11.0 Å². The second-order valence-corrected chi connectivity index (χ2v) is 5.52. The van der Waals surface area contributed by atoms with Crippen LogP contribution in [0.15, 0.2) is 30.3 Å². The third-order valence-electron chi connectivity index (χ3n) is 3.93. The largest absolute Gasteiger partial charge is 0.480 e. The van der Waals surface area contributed by atoms with Crippen molar-refractivity contribution < 1.29 is 14.6 Å². The molecular weight excluding hydrogens is 268 g/mol. The van der Waals surface area contributed by atoms with Crippen LogP contribution in [0.1, 0.15) is 12.0 Å². The summed E-state index contributed by atoms with van der Waals surface area (Å²) in [4.78, 5) is 15.4. The van der Waals surface area contributed by atoms with Gasteiger partial charge in [0.05, 0.1) is 13.2 Å². The van der Waals surface area contributed by atoms with Crippen LogP contribution in [0.2, 0.25) is 0 Å². The van der Waals surface area contributed by atoms with Crippen LogP contribution in [-0.4, -0.2) is 66.8 Å². The monoisotopic (exact) mass is 292 g/mol. The van der Waals surface area contributed by atoms with Crippen LogP contribution in [0.25, 0.3) is 0 Å². The van der Waals surface area contributed by atoms with Gasteiger partial charge in [0, 0.05) is 39.3 Å². The standard InChI is InChI=1S/C16H24N2O3/c1-21-10-9-18(13-16(19)20)15-7-8-17(12-15)11-14-5-3-2-4-6-14/h2-6,15H,7-13H2,1H3,(H,19,20). The molecule has 116 valence electrons. The van der Waals surface area contributed by atoms with Crippen LogP contribution >= 0.6 is 0 Å². The zero-order valence-corrected chi connectivity index (χ0v) is 12.6. The van der Waals surface area contributed by atoms with Crippen molar-refractivity contribution in [1.82, 2.24) is 9.80 Å². The smallest absolute Gasteiger partial charge is 0.317 e. The molecule has 1 heterocycles. The number of carboxylic acid groups (broad SMARTS) is 1. The molecule has 1 atom stereocenters. The molecule has 1 aliphatic heterocycles. The van der Waals surface area contributed by atoms with Crippen LogP contribution in [0.4, 0.5) is 0 Å². The maximum atomic E-state index is 11.0. The summed E-state index contributed by atoms with van der Waals surface area (Å²) in [5.74, 6) is -0.771. The van der Waals surface area contributed by atoms with Crippen LogP contribution in [0, 0.1) is 0 Å². The predicted molar refractivity (Wildman–Crippen MR) is 81.2 cm³/mol. The summed E-state index contributed by atoms with van der Waals surface area (Å²) in [5.41, 5.74) is 1.31. The summed E-state index contributed by atoms with van der Waals surface area (Å²) in [5, 5.41) is 9.05. The highest BCUT2D eigenvalue weighted by Gasteiger charge is 2.28. The third kappa shape index (κ3) is 5.12. The second kappa shape index (κ2) is 8.12. The van der Waals surface area contributed by atoms with Gasteiger partial charge in [-0.25, -0.2) is 0 Å². The Bertz CT molecular complexity index is 438. The number of rotatable bonds is 8. The molecule has 0 radical (unpaired) electrons. The van der Waals surface area contributed by atoms with E-state index < -0.39 is 5.97 Å². The zero-order chi connectivity index (χ0) is 15.1. The summed E-state index contributed by atoms with van der Waals surface area (Å²) in [6, 6.07) is 10.7. The molecule has 0 bridgehead atoms. The maximum Gasteiger partial charge on any atom is 0.317 e. The van der Waals surface area contributed by atoms with Crippen molar-refractivity contribution in [3.8, 4) is 0 Å². The van der Waals surface area contributed by atoms with E-state index in [0.29, 0.717) is 19.2 Å². The quantitative estimate of drug-likeness (QED) is 0.782. The molecule has 0 spiro atoms. The first-order chi connectivity index (χ1) is 10.2. The Labute approximate surface area is 126 Å². The molecule has 1 aromatic rings. The molecule has 0 aliphatic carbocycles. The van der Waals surface area contributed by atoms with Gasteiger partial charge in [0.15, 0.2) is 0 Å². The molecule has 21 heavy (non-hydrogen) atoms. The van der Waals surface area contributed by atoms with E-state index in [0.717, 1.165) is 26.1 Å². The number of hydrogen-bond acceptors (Lipinski definition) is 4. The zero-order valence-electron chi connectivity index (χ0n) is 12.6. The Morgan fingerprint density at radius 3 is 2.86 bits per heavy atom. The fraction of sp³-hybridized carbons (Fsp3) is 0.562. The van der Waals surface area contributed by atoms with Gasteiger partial charge in [-0.05, 0) is 12.0 Å². The van der Waals surface area contributed by atoms with Crippen molar-refractivity contribution >= 4 is 5.97 Å². The van der Waals surface area contributed by atoms with Crippen molar-refractivity contribution in [3.05, 3.63) is 35.9 Å². The molecule has 1 aliphatic rings. The summed E-state index contributed by atoms with van der Waals surface area (Å²) < 4.78 is 5.09.